The normalized spacial score (nSPS) is 9.50. The van der Waals surface area contributed by atoms with Crippen LogP contribution in [-0.4, -0.2) is 7.11 Å². The lowest BCUT2D eigenvalue weighted by Gasteiger charge is -2.01. The summed E-state index contributed by atoms with van der Waals surface area (Å²) in [6.07, 6.45) is 0. The van der Waals surface area contributed by atoms with E-state index in [2.05, 4.69) is 22.2 Å². The predicted octanol–water partition coefficient (Wildman–Crippen LogP) is 1.50. The van der Waals surface area contributed by atoms with Crippen molar-refractivity contribution in [3.05, 3.63) is 23.8 Å². The van der Waals surface area contributed by atoms with Crippen LogP contribution in [0.15, 0.2) is 18.2 Å². The smallest absolute Gasteiger partial charge is 0.119 e. The van der Waals surface area contributed by atoms with Gasteiger partial charge in [0.1, 0.15) is 5.75 Å². The number of ether oxygens (including phenoxy) is 1. The molecule has 1 aromatic carbocycles. The fraction of sp³-hybridized carbons (Fsp3) is 0.250. The summed E-state index contributed by atoms with van der Waals surface area (Å²) in [6.45, 7) is 2.05. The van der Waals surface area contributed by atoms with Crippen LogP contribution in [-0.2, 0) is 0 Å². The SMILES string of the molecule is COc1cc(C)cc(P)c1. The molecular formula is C8H11OP. The van der Waals surface area contributed by atoms with Gasteiger partial charge in [-0.1, -0.05) is 6.07 Å². The lowest BCUT2D eigenvalue weighted by Crippen LogP contribution is -1.93. The Morgan fingerprint density at radius 2 is 2.00 bits per heavy atom. The van der Waals surface area contributed by atoms with Crippen LogP contribution in [0.5, 0.6) is 5.75 Å². The van der Waals surface area contributed by atoms with Crippen molar-refractivity contribution < 1.29 is 4.74 Å². The van der Waals surface area contributed by atoms with Crippen molar-refractivity contribution >= 4 is 14.5 Å². The van der Waals surface area contributed by atoms with Crippen molar-refractivity contribution in [3.63, 3.8) is 0 Å². The summed E-state index contributed by atoms with van der Waals surface area (Å²) < 4.78 is 5.06. The average Bonchev–Trinajstić information content (AvgIpc) is 1.85. The number of rotatable bonds is 1. The van der Waals surface area contributed by atoms with Crippen LogP contribution in [0.25, 0.3) is 0 Å². The first-order chi connectivity index (χ1) is 4.72. The van der Waals surface area contributed by atoms with Crippen LogP contribution in [0.1, 0.15) is 5.56 Å². The molecule has 1 unspecified atom stereocenters. The molecule has 0 aliphatic carbocycles. The Morgan fingerprint density at radius 1 is 1.30 bits per heavy atom. The maximum absolute atomic E-state index is 5.06. The van der Waals surface area contributed by atoms with Gasteiger partial charge in [0.05, 0.1) is 7.11 Å². The van der Waals surface area contributed by atoms with Crippen LogP contribution in [0, 0.1) is 6.92 Å². The summed E-state index contributed by atoms with van der Waals surface area (Å²) >= 11 is 0. The topological polar surface area (TPSA) is 9.23 Å². The van der Waals surface area contributed by atoms with Gasteiger partial charge in [-0.2, -0.15) is 0 Å². The van der Waals surface area contributed by atoms with E-state index >= 15 is 0 Å². The standard InChI is InChI=1S/C8H11OP/c1-6-3-7(9-2)5-8(10)4-6/h3-5H,10H2,1-2H3. The summed E-state index contributed by atoms with van der Waals surface area (Å²) in [6, 6.07) is 6.08. The summed E-state index contributed by atoms with van der Waals surface area (Å²) in [7, 11) is 4.33. The lowest BCUT2D eigenvalue weighted by atomic mass is 10.2. The largest absolute Gasteiger partial charge is 0.497 e. The van der Waals surface area contributed by atoms with Crippen molar-refractivity contribution in [3.8, 4) is 5.75 Å². The zero-order valence-corrected chi connectivity index (χ0v) is 7.37. The second-order valence-electron chi connectivity index (χ2n) is 2.28. The average molecular weight is 154 g/mol. The molecule has 1 rings (SSSR count). The Balaban J connectivity index is 3.06. The van der Waals surface area contributed by atoms with Crippen molar-refractivity contribution in [2.24, 2.45) is 0 Å². The van der Waals surface area contributed by atoms with E-state index in [4.69, 9.17) is 4.74 Å². The molecule has 0 bridgehead atoms. The first-order valence-electron chi connectivity index (χ1n) is 3.13. The Bertz CT molecular complexity index is 212. The maximum atomic E-state index is 5.06. The van der Waals surface area contributed by atoms with Gasteiger partial charge >= 0.3 is 0 Å². The fourth-order valence-electron chi connectivity index (χ4n) is 0.894. The lowest BCUT2D eigenvalue weighted by molar-refractivity contribution is 0.415. The van der Waals surface area contributed by atoms with Crippen molar-refractivity contribution in [1.29, 1.82) is 0 Å². The van der Waals surface area contributed by atoms with E-state index in [1.54, 1.807) is 7.11 Å². The first kappa shape index (κ1) is 7.56. The highest BCUT2D eigenvalue weighted by Gasteiger charge is 1.92. The highest BCUT2D eigenvalue weighted by molar-refractivity contribution is 7.27. The minimum atomic E-state index is 0.921. The molecule has 0 saturated carbocycles. The third kappa shape index (κ3) is 1.71. The van der Waals surface area contributed by atoms with Gasteiger partial charge in [-0.3, -0.25) is 0 Å². The number of aryl methyl sites for hydroxylation is 1. The van der Waals surface area contributed by atoms with E-state index in [-0.39, 0.29) is 0 Å². The van der Waals surface area contributed by atoms with E-state index in [1.807, 2.05) is 12.1 Å². The second kappa shape index (κ2) is 3.03. The molecule has 0 saturated heterocycles. The third-order valence-corrected chi connectivity index (χ3v) is 1.64. The van der Waals surface area contributed by atoms with Gasteiger partial charge in [0.15, 0.2) is 0 Å². The monoisotopic (exact) mass is 154 g/mol. The second-order valence-corrected chi connectivity index (χ2v) is 2.95. The van der Waals surface area contributed by atoms with Crippen molar-refractivity contribution in [1.82, 2.24) is 0 Å². The minimum absolute atomic E-state index is 0.921. The molecule has 0 aliphatic heterocycles. The fourth-order valence-corrected chi connectivity index (χ4v) is 1.32. The van der Waals surface area contributed by atoms with Gasteiger partial charge in [-0.15, -0.1) is 9.24 Å². The van der Waals surface area contributed by atoms with E-state index in [9.17, 15) is 0 Å². The molecule has 0 radical (unpaired) electrons. The number of methoxy groups -OCH3 is 1. The zero-order chi connectivity index (χ0) is 7.56. The molecule has 1 aromatic rings. The molecule has 0 amide bonds. The molecule has 10 heavy (non-hydrogen) atoms. The molecule has 1 nitrogen and oxygen atoms in total. The summed E-state index contributed by atoms with van der Waals surface area (Å²) in [5, 5.41) is 1.16. The van der Waals surface area contributed by atoms with E-state index in [1.165, 1.54) is 5.56 Å². The van der Waals surface area contributed by atoms with E-state index in [0.717, 1.165) is 11.1 Å². The Morgan fingerprint density at radius 3 is 2.50 bits per heavy atom. The zero-order valence-electron chi connectivity index (χ0n) is 6.22. The molecule has 2 heteroatoms. The predicted molar refractivity (Wildman–Crippen MR) is 47.1 cm³/mol. The van der Waals surface area contributed by atoms with Crippen LogP contribution in [0.2, 0.25) is 0 Å². The number of hydrogen-bond donors (Lipinski definition) is 0. The van der Waals surface area contributed by atoms with Crippen LogP contribution < -0.4 is 10.0 Å². The summed E-state index contributed by atoms with van der Waals surface area (Å²) in [5.41, 5.74) is 1.23. The highest BCUT2D eigenvalue weighted by atomic mass is 31.0. The van der Waals surface area contributed by atoms with Crippen molar-refractivity contribution in [2.45, 2.75) is 6.92 Å². The molecule has 0 aliphatic rings. The quantitative estimate of drug-likeness (QED) is 0.557. The molecule has 0 heterocycles. The third-order valence-electron chi connectivity index (χ3n) is 1.31. The van der Waals surface area contributed by atoms with Gasteiger partial charge in [-0.05, 0) is 29.9 Å². The van der Waals surface area contributed by atoms with E-state index < -0.39 is 0 Å². The molecular weight excluding hydrogens is 143 g/mol. The Kier molecular flexibility index (Phi) is 2.29. The summed E-state index contributed by atoms with van der Waals surface area (Å²) in [4.78, 5) is 0. The van der Waals surface area contributed by atoms with Gasteiger partial charge < -0.3 is 4.74 Å². The highest BCUT2D eigenvalue weighted by Crippen LogP contribution is 2.11. The number of hydrogen-bond acceptors (Lipinski definition) is 1. The first-order valence-corrected chi connectivity index (χ1v) is 3.71. The van der Waals surface area contributed by atoms with Crippen LogP contribution in [0.4, 0.5) is 0 Å². The van der Waals surface area contributed by atoms with Gasteiger partial charge in [0.25, 0.3) is 0 Å². The molecule has 1 atom stereocenters. The van der Waals surface area contributed by atoms with Gasteiger partial charge in [-0.25, -0.2) is 0 Å². The molecule has 0 fully saturated rings. The van der Waals surface area contributed by atoms with Gasteiger partial charge in [0, 0.05) is 0 Å². The van der Waals surface area contributed by atoms with E-state index in [0.29, 0.717) is 0 Å². The van der Waals surface area contributed by atoms with Crippen LogP contribution in [0.3, 0.4) is 0 Å². The minimum Gasteiger partial charge on any atom is -0.497 e. The van der Waals surface area contributed by atoms with Gasteiger partial charge in [0.2, 0.25) is 0 Å². The maximum Gasteiger partial charge on any atom is 0.119 e. The van der Waals surface area contributed by atoms with Crippen molar-refractivity contribution in [2.75, 3.05) is 7.11 Å². The Labute approximate surface area is 63.6 Å². The number of benzene rings is 1. The Hall–Kier alpha value is -0.550. The molecule has 0 aromatic heterocycles. The molecule has 0 N–H and O–H groups in total. The summed E-state index contributed by atoms with van der Waals surface area (Å²) in [5.74, 6) is 0.921. The van der Waals surface area contributed by atoms with Crippen LogP contribution >= 0.6 is 9.24 Å². The molecule has 54 valence electrons. The molecule has 0 spiro atoms.